The van der Waals surface area contributed by atoms with Crippen molar-refractivity contribution in [3.8, 4) is 0 Å². The van der Waals surface area contributed by atoms with Crippen LogP contribution in [0.4, 0.5) is 0 Å². The Morgan fingerprint density at radius 1 is 1.47 bits per heavy atom. The smallest absolute Gasteiger partial charge is 0.261 e. The Morgan fingerprint density at radius 3 is 2.74 bits per heavy atom. The van der Waals surface area contributed by atoms with Gasteiger partial charge in [-0.15, -0.1) is 0 Å². The van der Waals surface area contributed by atoms with E-state index < -0.39 is 0 Å². The lowest BCUT2D eigenvalue weighted by atomic mass is 9.95. The Morgan fingerprint density at radius 2 is 2.16 bits per heavy atom. The number of likely N-dealkylation sites (tertiary alicyclic amines) is 1. The van der Waals surface area contributed by atoms with Crippen molar-refractivity contribution >= 4 is 50.3 Å². The monoisotopic (exact) mass is 435 g/mol. The zero-order valence-electron chi connectivity index (χ0n) is 10.8. The molecule has 5 heteroatoms. The summed E-state index contributed by atoms with van der Waals surface area (Å²) in [5.41, 5.74) is 0.560. The summed E-state index contributed by atoms with van der Waals surface area (Å²) >= 11 is 5.54. The Labute approximate surface area is 135 Å². The first-order chi connectivity index (χ1) is 8.90. The number of nitrogens with zero attached hydrogens (tertiary/aromatic N) is 1. The number of hydrogen-bond donors (Lipinski definition) is 0. The lowest BCUT2D eigenvalue weighted by Crippen LogP contribution is -2.33. The van der Waals surface area contributed by atoms with E-state index in [-0.39, 0.29) is 17.7 Å². The highest BCUT2D eigenvalue weighted by atomic mass is 127. The molecule has 1 atom stereocenters. The Hall–Kier alpha value is -0.430. The molecule has 1 unspecified atom stereocenters. The van der Waals surface area contributed by atoms with E-state index in [0.717, 1.165) is 8.04 Å². The molecule has 0 aliphatic carbocycles. The van der Waals surface area contributed by atoms with Gasteiger partial charge in [0, 0.05) is 21.0 Å². The second-order valence-electron chi connectivity index (χ2n) is 5.14. The molecule has 102 valence electrons. The molecule has 0 bridgehead atoms. The van der Waals surface area contributed by atoms with Crippen LogP contribution in [0, 0.1) is 15.4 Å². The van der Waals surface area contributed by atoms with Crippen molar-refractivity contribution in [2.45, 2.75) is 20.3 Å². The average Bonchev–Trinajstić information content (AvgIpc) is 2.74. The lowest BCUT2D eigenvalue weighted by Gasteiger charge is -2.17. The van der Waals surface area contributed by atoms with Gasteiger partial charge in [-0.3, -0.25) is 14.5 Å². The summed E-state index contributed by atoms with van der Waals surface area (Å²) in [5, 5.41) is 0. The first-order valence-corrected chi connectivity index (χ1v) is 8.07. The van der Waals surface area contributed by atoms with E-state index in [1.54, 1.807) is 0 Å². The van der Waals surface area contributed by atoms with Crippen LogP contribution in [0.5, 0.6) is 0 Å². The van der Waals surface area contributed by atoms with Gasteiger partial charge in [-0.05, 0) is 68.6 Å². The van der Waals surface area contributed by atoms with Gasteiger partial charge in [-0.1, -0.05) is 13.8 Å². The second-order valence-corrected chi connectivity index (χ2v) is 7.24. The fourth-order valence-electron chi connectivity index (χ4n) is 2.18. The number of carbonyl (C=O) groups excluding carboxylic acids is 2. The number of benzene rings is 1. The summed E-state index contributed by atoms with van der Waals surface area (Å²) in [4.78, 5) is 25.8. The minimum Gasteiger partial charge on any atom is -0.278 e. The van der Waals surface area contributed by atoms with Crippen LogP contribution in [0.15, 0.2) is 22.7 Å². The molecule has 1 saturated heterocycles. The zero-order valence-corrected chi connectivity index (χ0v) is 14.6. The molecular weight excluding hydrogens is 421 g/mol. The van der Waals surface area contributed by atoms with Crippen molar-refractivity contribution in [1.29, 1.82) is 0 Å². The van der Waals surface area contributed by atoms with Crippen molar-refractivity contribution in [1.82, 2.24) is 4.90 Å². The molecule has 19 heavy (non-hydrogen) atoms. The lowest BCUT2D eigenvalue weighted by molar-refractivity contribution is -0.125. The van der Waals surface area contributed by atoms with Crippen LogP contribution >= 0.6 is 38.5 Å². The molecule has 0 radical (unpaired) electrons. The predicted octanol–water partition coefficient (Wildman–Crippen LogP) is 3.70. The highest BCUT2D eigenvalue weighted by Gasteiger charge is 2.36. The van der Waals surface area contributed by atoms with Gasteiger partial charge in [-0.25, -0.2) is 0 Å². The van der Waals surface area contributed by atoms with E-state index in [1.807, 2.05) is 18.2 Å². The van der Waals surface area contributed by atoms with Crippen molar-refractivity contribution < 1.29 is 9.59 Å². The van der Waals surface area contributed by atoms with E-state index in [0.29, 0.717) is 24.4 Å². The Bertz CT molecular complexity index is 530. The maximum atomic E-state index is 12.5. The third-order valence-corrected chi connectivity index (χ3v) is 4.86. The molecule has 1 fully saturated rings. The van der Waals surface area contributed by atoms with E-state index in [9.17, 15) is 9.59 Å². The SMILES string of the molecule is CC(C)C1CC(=O)N(C(=O)c2cc(I)ccc2Br)C1. The van der Waals surface area contributed by atoms with Crippen molar-refractivity contribution in [3.05, 3.63) is 31.8 Å². The number of amides is 2. The third kappa shape index (κ3) is 3.18. The maximum Gasteiger partial charge on any atom is 0.261 e. The highest BCUT2D eigenvalue weighted by Crippen LogP contribution is 2.28. The molecule has 2 rings (SSSR count). The summed E-state index contributed by atoms with van der Waals surface area (Å²) < 4.78 is 1.72. The largest absolute Gasteiger partial charge is 0.278 e. The fraction of sp³-hybridized carbons (Fsp3) is 0.429. The Kier molecular flexibility index (Phi) is 4.66. The van der Waals surface area contributed by atoms with Crippen molar-refractivity contribution in [3.63, 3.8) is 0 Å². The van der Waals surface area contributed by atoms with E-state index in [4.69, 9.17) is 0 Å². The van der Waals surface area contributed by atoms with Crippen LogP contribution < -0.4 is 0 Å². The number of hydrogen-bond acceptors (Lipinski definition) is 2. The minimum atomic E-state index is -0.196. The van der Waals surface area contributed by atoms with Crippen LogP contribution in [0.1, 0.15) is 30.6 Å². The van der Waals surface area contributed by atoms with Gasteiger partial charge in [0.1, 0.15) is 0 Å². The van der Waals surface area contributed by atoms with Gasteiger partial charge in [0.05, 0.1) is 5.56 Å². The van der Waals surface area contributed by atoms with Gasteiger partial charge in [0.25, 0.3) is 5.91 Å². The molecule has 1 aliphatic heterocycles. The molecule has 1 aromatic carbocycles. The molecule has 0 saturated carbocycles. The summed E-state index contributed by atoms with van der Waals surface area (Å²) in [6, 6.07) is 5.57. The number of halogens is 2. The first-order valence-electron chi connectivity index (χ1n) is 6.20. The normalized spacial score (nSPS) is 19.3. The maximum absolute atomic E-state index is 12.5. The molecular formula is C14H15BrINO2. The van der Waals surface area contributed by atoms with E-state index >= 15 is 0 Å². The highest BCUT2D eigenvalue weighted by molar-refractivity contribution is 14.1. The minimum absolute atomic E-state index is 0.0607. The average molecular weight is 436 g/mol. The summed E-state index contributed by atoms with van der Waals surface area (Å²) in [7, 11) is 0. The molecule has 3 nitrogen and oxygen atoms in total. The van der Waals surface area contributed by atoms with Gasteiger partial charge in [-0.2, -0.15) is 0 Å². The van der Waals surface area contributed by atoms with Gasteiger partial charge in [0.15, 0.2) is 0 Å². The second kappa shape index (κ2) is 5.91. The topological polar surface area (TPSA) is 37.4 Å². The summed E-state index contributed by atoms with van der Waals surface area (Å²) in [5.74, 6) is 0.437. The van der Waals surface area contributed by atoms with Crippen LogP contribution in [0.25, 0.3) is 0 Å². The molecule has 1 aromatic rings. The zero-order chi connectivity index (χ0) is 14.2. The fourth-order valence-corrected chi connectivity index (χ4v) is 3.09. The van der Waals surface area contributed by atoms with Crippen LogP contribution in [0.3, 0.4) is 0 Å². The van der Waals surface area contributed by atoms with Crippen molar-refractivity contribution in [2.75, 3.05) is 6.54 Å². The van der Waals surface area contributed by atoms with Gasteiger partial charge < -0.3 is 0 Å². The van der Waals surface area contributed by atoms with Crippen LogP contribution in [0.2, 0.25) is 0 Å². The molecule has 0 spiro atoms. The molecule has 1 aliphatic rings. The quantitative estimate of drug-likeness (QED) is 0.524. The third-order valence-electron chi connectivity index (χ3n) is 3.50. The van der Waals surface area contributed by atoms with Gasteiger partial charge >= 0.3 is 0 Å². The number of imide groups is 1. The number of carbonyl (C=O) groups is 2. The first kappa shape index (κ1) is 15.0. The van der Waals surface area contributed by atoms with E-state index in [2.05, 4.69) is 52.4 Å². The molecule has 0 N–H and O–H groups in total. The summed E-state index contributed by atoms with van der Waals surface area (Å²) in [6.07, 6.45) is 0.477. The van der Waals surface area contributed by atoms with Crippen LogP contribution in [-0.2, 0) is 4.79 Å². The van der Waals surface area contributed by atoms with Crippen LogP contribution in [-0.4, -0.2) is 23.3 Å². The molecule has 1 heterocycles. The number of rotatable bonds is 2. The molecule has 2 amide bonds. The van der Waals surface area contributed by atoms with Crippen molar-refractivity contribution in [2.24, 2.45) is 11.8 Å². The Balaban J connectivity index is 2.25. The van der Waals surface area contributed by atoms with Gasteiger partial charge in [0.2, 0.25) is 5.91 Å². The predicted molar refractivity (Wildman–Crippen MR) is 85.8 cm³/mol. The summed E-state index contributed by atoms with van der Waals surface area (Å²) in [6.45, 7) is 4.72. The molecule has 0 aromatic heterocycles. The standard InChI is InChI=1S/C14H15BrINO2/c1-8(2)9-5-13(18)17(7-9)14(19)11-6-10(16)3-4-12(11)15/h3-4,6,8-9H,5,7H2,1-2H3. The van der Waals surface area contributed by atoms with E-state index in [1.165, 1.54) is 4.90 Å².